The monoisotopic (exact) mass is 361 g/mol. The highest BCUT2D eigenvalue weighted by Gasteiger charge is 2.22. The fourth-order valence-electron chi connectivity index (χ4n) is 3.60. The van der Waals surface area contributed by atoms with Crippen molar-refractivity contribution in [2.75, 3.05) is 0 Å². The molecule has 0 saturated heterocycles. The molecular formula is C21H23N5O. The van der Waals surface area contributed by atoms with Crippen molar-refractivity contribution >= 4 is 33.2 Å². The van der Waals surface area contributed by atoms with Gasteiger partial charge < -0.3 is 4.57 Å². The molecule has 6 heteroatoms. The second-order valence-corrected chi connectivity index (χ2v) is 6.80. The maximum Gasteiger partial charge on any atom is 0.265 e. The molecule has 0 radical (unpaired) electrons. The van der Waals surface area contributed by atoms with Gasteiger partial charge in [0.2, 0.25) is 0 Å². The molecule has 138 valence electrons. The third kappa shape index (κ3) is 2.55. The average Bonchev–Trinajstić information content (AvgIpc) is 2.98. The fraction of sp³-hybridized carbons (Fsp3) is 0.333. The minimum atomic E-state index is -0.0383. The molecule has 0 amide bonds. The number of hydrogen-bond acceptors (Lipinski definition) is 4. The van der Waals surface area contributed by atoms with Crippen LogP contribution in [0.1, 0.15) is 39.1 Å². The minimum Gasteiger partial charge on any atom is -0.304 e. The van der Waals surface area contributed by atoms with E-state index in [9.17, 15) is 4.79 Å². The molecule has 3 heterocycles. The third-order valence-electron chi connectivity index (χ3n) is 5.13. The van der Waals surface area contributed by atoms with Crippen molar-refractivity contribution < 1.29 is 0 Å². The third-order valence-corrected chi connectivity index (χ3v) is 5.13. The van der Waals surface area contributed by atoms with E-state index in [0.29, 0.717) is 35.2 Å². The molecule has 4 rings (SSSR count). The Kier molecular flexibility index (Phi) is 4.26. The van der Waals surface area contributed by atoms with E-state index in [2.05, 4.69) is 20.4 Å². The highest BCUT2D eigenvalue weighted by molar-refractivity contribution is 6.04. The first kappa shape index (κ1) is 17.4. The van der Waals surface area contributed by atoms with E-state index in [1.807, 2.05) is 40.3 Å². The van der Waals surface area contributed by atoms with Crippen LogP contribution in [0.25, 0.3) is 33.2 Å². The summed E-state index contributed by atoms with van der Waals surface area (Å²) in [6, 6.07) is 7.79. The molecular weight excluding hydrogens is 338 g/mol. The molecule has 0 unspecified atom stereocenters. The van der Waals surface area contributed by atoms with Crippen molar-refractivity contribution in [2.24, 2.45) is 0 Å². The predicted molar refractivity (Wildman–Crippen MR) is 109 cm³/mol. The van der Waals surface area contributed by atoms with Gasteiger partial charge in [0.15, 0.2) is 11.3 Å². The summed E-state index contributed by atoms with van der Waals surface area (Å²) in [6.45, 7) is 10.5. The van der Waals surface area contributed by atoms with E-state index in [1.165, 1.54) is 0 Å². The van der Waals surface area contributed by atoms with Crippen LogP contribution in [-0.4, -0.2) is 24.1 Å². The first-order valence-electron chi connectivity index (χ1n) is 9.41. The van der Waals surface area contributed by atoms with Gasteiger partial charge in [0, 0.05) is 19.0 Å². The smallest absolute Gasteiger partial charge is 0.265 e. The van der Waals surface area contributed by atoms with Gasteiger partial charge in [-0.3, -0.25) is 9.36 Å². The first-order valence-corrected chi connectivity index (χ1v) is 9.41. The number of para-hydroxylation sites is 2. The normalized spacial score (nSPS) is 12.9. The number of benzene rings is 1. The van der Waals surface area contributed by atoms with Crippen LogP contribution in [0, 0.1) is 0 Å². The number of hydrogen-bond donors (Lipinski definition) is 0. The van der Waals surface area contributed by atoms with Crippen LogP contribution in [0.4, 0.5) is 0 Å². The van der Waals surface area contributed by atoms with E-state index in [0.717, 1.165) is 23.3 Å². The van der Waals surface area contributed by atoms with Gasteiger partial charge in [-0.1, -0.05) is 32.1 Å². The van der Waals surface area contributed by atoms with E-state index < -0.39 is 0 Å². The van der Waals surface area contributed by atoms with E-state index in [-0.39, 0.29) is 11.6 Å². The topological polar surface area (TPSA) is 65.6 Å². The van der Waals surface area contributed by atoms with Gasteiger partial charge >= 0.3 is 0 Å². The summed E-state index contributed by atoms with van der Waals surface area (Å²) in [4.78, 5) is 27.9. The zero-order valence-electron chi connectivity index (χ0n) is 15.9. The quantitative estimate of drug-likeness (QED) is 0.504. The van der Waals surface area contributed by atoms with Crippen molar-refractivity contribution in [2.45, 2.75) is 46.2 Å². The Hall–Kier alpha value is -3.02. The summed E-state index contributed by atoms with van der Waals surface area (Å²) in [7, 11) is 0. The van der Waals surface area contributed by atoms with Crippen molar-refractivity contribution in [1.29, 1.82) is 0 Å². The van der Waals surface area contributed by atoms with Gasteiger partial charge in [0.05, 0.1) is 11.0 Å². The lowest BCUT2D eigenvalue weighted by atomic mass is 10.2. The second-order valence-electron chi connectivity index (χ2n) is 6.80. The molecule has 0 spiro atoms. The molecule has 4 aromatic rings. The molecule has 0 bridgehead atoms. The summed E-state index contributed by atoms with van der Waals surface area (Å²) in [5.41, 5.74) is 3.47. The van der Waals surface area contributed by atoms with Crippen LogP contribution in [0.15, 0.2) is 41.7 Å². The predicted octanol–water partition coefficient (Wildman–Crippen LogP) is 4.01. The van der Waals surface area contributed by atoms with E-state index >= 15 is 0 Å². The average molecular weight is 361 g/mol. The Bertz CT molecular complexity index is 1230. The Morgan fingerprint density at radius 1 is 1.11 bits per heavy atom. The molecule has 0 fully saturated rings. The van der Waals surface area contributed by atoms with Gasteiger partial charge in [-0.2, -0.15) is 0 Å². The molecule has 0 aliphatic carbocycles. The number of aromatic nitrogens is 5. The standard InChI is InChI=1S/C21H23N5O/c1-5-12-25-19-17(21(27)26(13(4)6-2)16(7-3)24-19)18-20(25)23-15-11-9-8-10-14(15)22-18/h5,8-11,13H,1,6-7,12H2,2-4H3/t13-/m0/s1. The summed E-state index contributed by atoms with van der Waals surface area (Å²) in [5, 5.41) is 0.544. The zero-order valence-corrected chi connectivity index (χ0v) is 15.9. The molecule has 6 nitrogen and oxygen atoms in total. The Morgan fingerprint density at radius 3 is 2.44 bits per heavy atom. The summed E-state index contributed by atoms with van der Waals surface area (Å²) >= 11 is 0. The number of rotatable bonds is 5. The van der Waals surface area contributed by atoms with Crippen LogP contribution in [0.3, 0.4) is 0 Å². The van der Waals surface area contributed by atoms with E-state index in [4.69, 9.17) is 15.0 Å². The number of fused-ring (bicyclic) bond motifs is 4. The second kappa shape index (κ2) is 6.61. The molecule has 1 aromatic carbocycles. The van der Waals surface area contributed by atoms with Crippen LogP contribution in [0.5, 0.6) is 0 Å². The van der Waals surface area contributed by atoms with Crippen molar-refractivity contribution in [1.82, 2.24) is 24.1 Å². The van der Waals surface area contributed by atoms with Crippen LogP contribution in [0.2, 0.25) is 0 Å². The maximum absolute atomic E-state index is 13.5. The minimum absolute atomic E-state index is 0.0383. The Morgan fingerprint density at radius 2 is 1.81 bits per heavy atom. The Balaban J connectivity index is 2.24. The van der Waals surface area contributed by atoms with Gasteiger partial charge in [0.1, 0.15) is 16.7 Å². The van der Waals surface area contributed by atoms with Crippen LogP contribution in [-0.2, 0) is 13.0 Å². The van der Waals surface area contributed by atoms with Crippen LogP contribution < -0.4 is 5.56 Å². The molecule has 0 aliphatic rings. The SMILES string of the molecule is C=CCn1c2nc3ccccc3nc2c2c(=O)n([C@@H](C)CC)c(CC)nc21. The number of nitrogens with zero attached hydrogens (tertiary/aromatic N) is 5. The summed E-state index contributed by atoms with van der Waals surface area (Å²) in [6.07, 6.45) is 3.34. The number of allylic oxidation sites excluding steroid dienone is 1. The van der Waals surface area contributed by atoms with Gasteiger partial charge in [-0.05, 0) is 25.5 Å². The van der Waals surface area contributed by atoms with Crippen LogP contribution >= 0.6 is 0 Å². The van der Waals surface area contributed by atoms with Gasteiger partial charge in [0.25, 0.3) is 5.56 Å². The molecule has 27 heavy (non-hydrogen) atoms. The highest BCUT2D eigenvalue weighted by atomic mass is 16.1. The lowest BCUT2D eigenvalue weighted by Crippen LogP contribution is -2.28. The molecule has 0 aliphatic heterocycles. The largest absolute Gasteiger partial charge is 0.304 e. The van der Waals surface area contributed by atoms with Crippen molar-refractivity contribution in [3.8, 4) is 0 Å². The van der Waals surface area contributed by atoms with Gasteiger partial charge in [-0.25, -0.2) is 15.0 Å². The highest BCUT2D eigenvalue weighted by Crippen LogP contribution is 2.26. The van der Waals surface area contributed by atoms with Crippen molar-refractivity contribution in [3.05, 3.63) is 53.1 Å². The molecule has 0 saturated carbocycles. The van der Waals surface area contributed by atoms with Crippen molar-refractivity contribution in [3.63, 3.8) is 0 Å². The summed E-state index contributed by atoms with van der Waals surface area (Å²) < 4.78 is 3.76. The molecule has 0 N–H and O–H groups in total. The Labute approximate surface area is 157 Å². The lowest BCUT2D eigenvalue weighted by Gasteiger charge is -2.17. The fourth-order valence-corrected chi connectivity index (χ4v) is 3.60. The zero-order chi connectivity index (χ0) is 19.1. The van der Waals surface area contributed by atoms with E-state index in [1.54, 1.807) is 6.08 Å². The molecule has 3 aromatic heterocycles. The van der Waals surface area contributed by atoms with Gasteiger partial charge in [-0.15, -0.1) is 6.58 Å². The number of aryl methyl sites for hydroxylation is 1. The lowest BCUT2D eigenvalue weighted by molar-refractivity contribution is 0.488. The molecule has 1 atom stereocenters. The maximum atomic E-state index is 13.5. The first-order chi connectivity index (χ1) is 13.1. The summed E-state index contributed by atoms with van der Waals surface area (Å²) in [5.74, 6) is 0.791.